The first-order valence-electron chi connectivity index (χ1n) is 6.31. The average Bonchev–Trinajstić information content (AvgIpc) is 3.09. The molecular weight excluding hydrogens is 228 g/mol. The summed E-state index contributed by atoms with van der Waals surface area (Å²) < 4.78 is 25.8. The lowest BCUT2D eigenvalue weighted by molar-refractivity contribution is -0.129. The van der Waals surface area contributed by atoms with Crippen LogP contribution in [0.4, 0.5) is 8.78 Å². The van der Waals surface area contributed by atoms with Gasteiger partial charge in [0.1, 0.15) is 0 Å². The number of nitrogens with one attached hydrogen (secondary N) is 1. The first-order chi connectivity index (χ1) is 7.98. The number of halogens is 2. The van der Waals surface area contributed by atoms with Gasteiger partial charge in [0.15, 0.2) is 0 Å². The quantitative estimate of drug-likeness (QED) is 0.794. The van der Waals surface area contributed by atoms with E-state index >= 15 is 0 Å². The minimum Gasteiger partial charge on any atom is -0.391 e. The molecule has 2 saturated carbocycles. The number of hydrogen-bond donors (Lipinski definition) is 2. The van der Waals surface area contributed by atoms with E-state index in [4.69, 9.17) is 0 Å². The molecule has 1 amide bonds. The number of carbonyl (C=O) groups excluding carboxylic acids is 1. The summed E-state index contributed by atoms with van der Waals surface area (Å²) in [5, 5.41) is 12.3. The second-order valence-electron chi connectivity index (χ2n) is 5.28. The highest BCUT2D eigenvalue weighted by atomic mass is 19.3. The monoisotopic (exact) mass is 247 g/mol. The molecule has 2 fully saturated rings. The van der Waals surface area contributed by atoms with Crippen LogP contribution in [-0.2, 0) is 4.79 Å². The summed E-state index contributed by atoms with van der Waals surface area (Å²) in [5.74, 6) is -2.75. The summed E-state index contributed by atoms with van der Waals surface area (Å²) in [6.07, 6.45) is 1.67. The average molecular weight is 247 g/mol. The number of amides is 1. The highest BCUT2D eigenvalue weighted by Crippen LogP contribution is 2.36. The molecule has 0 bridgehead atoms. The number of aliphatic hydroxyl groups excluding tert-OH is 1. The highest BCUT2D eigenvalue weighted by Gasteiger charge is 2.37. The van der Waals surface area contributed by atoms with Gasteiger partial charge in [-0.05, 0) is 31.6 Å². The van der Waals surface area contributed by atoms with Gasteiger partial charge in [-0.3, -0.25) is 4.79 Å². The molecule has 0 spiro atoms. The molecule has 1 unspecified atom stereocenters. The molecular formula is C12H19F2NO2. The van der Waals surface area contributed by atoms with E-state index in [1.54, 1.807) is 0 Å². The predicted octanol–water partition coefficient (Wildman–Crippen LogP) is 1.70. The first-order valence-corrected chi connectivity index (χ1v) is 6.31. The fraction of sp³-hybridized carbons (Fsp3) is 0.917. The van der Waals surface area contributed by atoms with E-state index in [0.717, 1.165) is 12.8 Å². The fourth-order valence-corrected chi connectivity index (χ4v) is 2.30. The third-order valence-corrected chi connectivity index (χ3v) is 3.74. The molecule has 3 nitrogen and oxygen atoms in total. The lowest BCUT2D eigenvalue weighted by atomic mass is 9.86. The Morgan fingerprint density at radius 1 is 1.29 bits per heavy atom. The summed E-state index contributed by atoms with van der Waals surface area (Å²) >= 11 is 0. The maximum Gasteiger partial charge on any atom is 0.248 e. The zero-order chi connectivity index (χ0) is 12.5. The van der Waals surface area contributed by atoms with E-state index < -0.39 is 12.0 Å². The fourth-order valence-electron chi connectivity index (χ4n) is 2.30. The Labute approximate surface area is 99.6 Å². The van der Waals surface area contributed by atoms with Crippen LogP contribution in [0.5, 0.6) is 0 Å². The standard InChI is InChI=1S/C12H19F2NO2/c13-12(14)5-3-9(4-6-12)11(17)15-7-10(16)8-1-2-8/h8-10,16H,1-7H2,(H,15,17). The van der Waals surface area contributed by atoms with Crippen LogP contribution in [0.3, 0.4) is 0 Å². The summed E-state index contributed by atoms with van der Waals surface area (Å²) in [5.41, 5.74) is 0. The van der Waals surface area contributed by atoms with Gasteiger partial charge in [-0.25, -0.2) is 8.78 Å². The van der Waals surface area contributed by atoms with Crippen molar-refractivity contribution in [3.05, 3.63) is 0 Å². The van der Waals surface area contributed by atoms with E-state index in [2.05, 4.69) is 5.32 Å². The smallest absolute Gasteiger partial charge is 0.248 e. The molecule has 17 heavy (non-hydrogen) atoms. The third-order valence-electron chi connectivity index (χ3n) is 3.74. The molecule has 98 valence electrons. The number of hydrogen-bond acceptors (Lipinski definition) is 2. The van der Waals surface area contributed by atoms with E-state index in [1.165, 1.54) is 0 Å². The topological polar surface area (TPSA) is 49.3 Å². The van der Waals surface area contributed by atoms with Crippen LogP contribution in [-0.4, -0.2) is 29.6 Å². The molecule has 0 saturated heterocycles. The Kier molecular flexibility index (Phi) is 3.66. The van der Waals surface area contributed by atoms with Crippen LogP contribution in [0.1, 0.15) is 38.5 Å². The van der Waals surface area contributed by atoms with Crippen molar-refractivity contribution in [1.82, 2.24) is 5.32 Å². The van der Waals surface area contributed by atoms with E-state index in [0.29, 0.717) is 5.92 Å². The third kappa shape index (κ3) is 3.63. The van der Waals surface area contributed by atoms with Gasteiger partial charge in [0.25, 0.3) is 0 Å². The first kappa shape index (κ1) is 12.7. The Morgan fingerprint density at radius 3 is 2.41 bits per heavy atom. The molecule has 0 aliphatic heterocycles. The van der Waals surface area contributed by atoms with Gasteiger partial charge < -0.3 is 10.4 Å². The molecule has 2 aliphatic rings. The number of rotatable bonds is 4. The predicted molar refractivity (Wildman–Crippen MR) is 58.6 cm³/mol. The van der Waals surface area contributed by atoms with Crippen LogP contribution in [0, 0.1) is 11.8 Å². The molecule has 0 radical (unpaired) electrons. The van der Waals surface area contributed by atoms with Gasteiger partial charge in [0, 0.05) is 25.3 Å². The van der Waals surface area contributed by atoms with Gasteiger partial charge in [0.05, 0.1) is 6.10 Å². The van der Waals surface area contributed by atoms with E-state index in [9.17, 15) is 18.7 Å². The van der Waals surface area contributed by atoms with Crippen molar-refractivity contribution in [3.63, 3.8) is 0 Å². The van der Waals surface area contributed by atoms with Crippen molar-refractivity contribution < 1.29 is 18.7 Å². The Bertz CT molecular complexity index is 282. The van der Waals surface area contributed by atoms with Crippen molar-refractivity contribution in [3.8, 4) is 0 Å². The summed E-state index contributed by atoms with van der Waals surface area (Å²) in [7, 11) is 0. The minimum absolute atomic E-state index is 0.180. The van der Waals surface area contributed by atoms with Crippen molar-refractivity contribution in [2.24, 2.45) is 11.8 Å². The lowest BCUT2D eigenvalue weighted by Crippen LogP contribution is -2.39. The number of aliphatic hydroxyl groups is 1. The van der Waals surface area contributed by atoms with Gasteiger partial charge >= 0.3 is 0 Å². The Morgan fingerprint density at radius 2 is 1.88 bits per heavy atom. The van der Waals surface area contributed by atoms with Crippen LogP contribution >= 0.6 is 0 Å². The summed E-state index contributed by atoms with van der Waals surface area (Å²) in [6.45, 7) is 0.260. The minimum atomic E-state index is -2.59. The maximum atomic E-state index is 12.9. The van der Waals surface area contributed by atoms with Crippen LogP contribution in [0.2, 0.25) is 0 Å². The van der Waals surface area contributed by atoms with Crippen molar-refractivity contribution in [2.75, 3.05) is 6.54 Å². The molecule has 0 heterocycles. The van der Waals surface area contributed by atoms with Crippen molar-refractivity contribution in [2.45, 2.75) is 50.6 Å². The molecule has 0 aromatic carbocycles. The van der Waals surface area contributed by atoms with Crippen LogP contribution in [0.25, 0.3) is 0 Å². The lowest BCUT2D eigenvalue weighted by Gasteiger charge is -2.27. The van der Waals surface area contributed by atoms with Crippen molar-refractivity contribution in [1.29, 1.82) is 0 Å². The molecule has 2 N–H and O–H groups in total. The molecule has 0 aromatic heterocycles. The highest BCUT2D eigenvalue weighted by molar-refractivity contribution is 5.78. The van der Waals surface area contributed by atoms with Gasteiger partial charge in [-0.15, -0.1) is 0 Å². The van der Waals surface area contributed by atoms with Gasteiger partial charge in [0.2, 0.25) is 11.8 Å². The maximum absolute atomic E-state index is 12.9. The second kappa shape index (κ2) is 4.88. The van der Waals surface area contributed by atoms with E-state index in [-0.39, 0.29) is 44.1 Å². The van der Waals surface area contributed by atoms with E-state index in [1.807, 2.05) is 0 Å². The number of alkyl halides is 2. The molecule has 0 aromatic rings. The molecule has 2 rings (SSSR count). The normalized spacial score (nSPS) is 26.5. The largest absolute Gasteiger partial charge is 0.391 e. The SMILES string of the molecule is O=C(NCC(O)C1CC1)C1CCC(F)(F)CC1. The van der Waals surface area contributed by atoms with Gasteiger partial charge in [-0.2, -0.15) is 0 Å². The zero-order valence-corrected chi connectivity index (χ0v) is 9.79. The number of carbonyl (C=O) groups is 1. The van der Waals surface area contributed by atoms with Crippen molar-refractivity contribution >= 4 is 5.91 Å². The van der Waals surface area contributed by atoms with Gasteiger partial charge in [-0.1, -0.05) is 0 Å². The molecule has 5 heteroatoms. The Hall–Kier alpha value is -0.710. The second-order valence-corrected chi connectivity index (χ2v) is 5.28. The molecule has 1 atom stereocenters. The van der Waals surface area contributed by atoms with Crippen LogP contribution in [0.15, 0.2) is 0 Å². The Balaban J connectivity index is 1.69. The summed E-state index contributed by atoms with van der Waals surface area (Å²) in [4.78, 5) is 11.7. The van der Waals surface area contributed by atoms with Crippen LogP contribution < -0.4 is 5.32 Å². The molecule has 2 aliphatic carbocycles. The summed E-state index contributed by atoms with van der Waals surface area (Å²) in [6, 6.07) is 0. The zero-order valence-electron chi connectivity index (χ0n) is 9.79.